The largest absolute Gasteiger partial charge is 0.282 e. The fourth-order valence-corrected chi connectivity index (χ4v) is 5.90. The van der Waals surface area contributed by atoms with Crippen LogP contribution < -0.4 is 5.56 Å². The van der Waals surface area contributed by atoms with Crippen LogP contribution in [0, 0.1) is 0 Å². The van der Waals surface area contributed by atoms with Crippen molar-refractivity contribution >= 4 is 35.3 Å². The second-order valence-corrected chi connectivity index (χ2v) is 9.90. The zero-order chi connectivity index (χ0) is 21.5. The van der Waals surface area contributed by atoms with E-state index in [1.807, 2.05) is 30.3 Å². The van der Waals surface area contributed by atoms with Gasteiger partial charge < -0.3 is 0 Å². The fraction of sp³-hybridized carbons (Fsp3) is 0.217. The van der Waals surface area contributed by atoms with E-state index in [0.29, 0.717) is 33.0 Å². The monoisotopic (exact) mass is 449 g/mol. The first kappa shape index (κ1) is 20.1. The van der Waals surface area contributed by atoms with Crippen molar-refractivity contribution in [2.45, 2.75) is 35.2 Å². The Morgan fingerprint density at radius 1 is 1.00 bits per heavy atom. The summed E-state index contributed by atoms with van der Waals surface area (Å²) in [5.74, 6) is -0.513. The van der Waals surface area contributed by atoms with E-state index in [1.54, 1.807) is 40.6 Å². The summed E-state index contributed by atoms with van der Waals surface area (Å²) in [4.78, 5) is 45.4. The second kappa shape index (κ2) is 8.01. The maximum absolute atomic E-state index is 13.3. The summed E-state index contributed by atoms with van der Waals surface area (Å²) in [7, 11) is 0. The molecule has 5 rings (SSSR count). The van der Waals surface area contributed by atoms with E-state index in [-0.39, 0.29) is 23.3 Å². The van der Waals surface area contributed by atoms with Crippen molar-refractivity contribution in [1.82, 2.24) is 14.5 Å². The third kappa shape index (κ3) is 3.59. The summed E-state index contributed by atoms with van der Waals surface area (Å²) in [6.45, 7) is 2.47. The van der Waals surface area contributed by atoms with Crippen molar-refractivity contribution < 1.29 is 9.59 Å². The molecule has 1 aromatic heterocycles. The van der Waals surface area contributed by atoms with E-state index in [0.717, 1.165) is 17.7 Å². The van der Waals surface area contributed by atoms with Gasteiger partial charge in [-0.1, -0.05) is 61.2 Å². The first-order valence-corrected chi connectivity index (χ1v) is 11.8. The van der Waals surface area contributed by atoms with Crippen molar-refractivity contribution in [3.8, 4) is 0 Å². The summed E-state index contributed by atoms with van der Waals surface area (Å²) in [5.41, 5.74) is 2.57. The minimum atomic E-state index is -0.310. The summed E-state index contributed by atoms with van der Waals surface area (Å²) in [5, 5.41) is 0.829. The highest BCUT2D eigenvalue weighted by Crippen LogP contribution is 2.35. The topological polar surface area (TPSA) is 72.3 Å². The maximum atomic E-state index is 13.3. The minimum Gasteiger partial charge on any atom is -0.282 e. The molecule has 6 nitrogen and oxygen atoms in total. The number of benzene rings is 2. The van der Waals surface area contributed by atoms with Crippen molar-refractivity contribution in [1.29, 1.82) is 0 Å². The van der Waals surface area contributed by atoms with Gasteiger partial charge in [-0.05, 0) is 17.7 Å². The number of hydrogen-bond donors (Lipinski definition) is 0. The Hall–Kier alpha value is -2.84. The number of carbonyl (C=O) groups is 2. The minimum absolute atomic E-state index is 0.0620. The number of aromatic nitrogens is 2. The zero-order valence-electron chi connectivity index (χ0n) is 16.8. The number of hydrogen-bond acceptors (Lipinski definition) is 6. The standard InChI is InChI=1S/C23H19N3O3S2/c1-14-11-18-19(31-14)22(29)25(12-15-7-3-2-4-8-15)23(24-18)30-13-26-20(27)16-9-5-6-10-17(16)21(26)28/h2-10,14H,11-13H2,1H3. The number of imide groups is 1. The van der Waals surface area contributed by atoms with Crippen LogP contribution in [0.2, 0.25) is 0 Å². The Bertz CT molecular complexity index is 1220. The van der Waals surface area contributed by atoms with Crippen LogP contribution >= 0.6 is 23.5 Å². The first-order valence-electron chi connectivity index (χ1n) is 9.95. The number of nitrogens with zero attached hydrogens (tertiary/aromatic N) is 3. The van der Waals surface area contributed by atoms with Crippen LogP contribution in [0.1, 0.15) is 38.9 Å². The van der Waals surface area contributed by atoms with Crippen molar-refractivity contribution in [3.05, 3.63) is 87.3 Å². The number of rotatable bonds is 5. The molecule has 3 heterocycles. The van der Waals surface area contributed by atoms with Gasteiger partial charge in [0, 0.05) is 11.7 Å². The van der Waals surface area contributed by atoms with E-state index in [4.69, 9.17) is 4.98 Å². The van der Waals surface area contributed by atoms with Crippen molar-refractivity contribution in [2.24, 2.45) is 0 Å². The normalized spacial score (nSPS) is 17.2. The van der Waals surface area contributed by atoms with E-state index in [2.05, 4.69) is 6.92 Å². The molecule has 8 heteroatoms. The molecule has 0 saturated carbocycles. The highest BCUT2D eigenvalue weighted by atomic mass is 32.2. The predicted molar refractivity (Wildman–Crippen MR) is 121 cm³/mol. The van der Waals surface area contributed by atoms with E-state index >= 15 is 0 Å². The molecule has 0 N–H and O–H groups in total. The van der Waals surface area contributed by atoms with Crippen LogP contribution in [-0.4, -0.2) is 37.4 Å². The molecule has 0 saturated heterocycles. The molecule has 0 fully saturated rings. The molecular weight excluding hydrogens is 430 g/mol. The highest BCUT2D eigenvalue weighted by molar-refractivity contribution is 8.00. The smallest absolute Gasteiger partial charge is 0.268 e. The molecular formula is C23H19N3O3S2. The molecule has 2 aliphatic heterocycles. The van der Waals surface area contributed by atoms with Gasteiger partial charge >= 0.3 is 0 Å². The van der Waals surface area contributed by atoms with Crippen LogP contribution in [0.5, 0.6) is 0 Å². The molecule has 0 aliphatic carbocycles. The zero-order valence-corrected chi connectivity index (χ0v) is 18.4. The third-order valence-electron chi connectivity index (χ3n) is 5.35. The van der Waals surface area contributed by atoms with E-state index in [9.17, 15) is 14.4 Å². The fourth-order valence-electron chi connectivity index (χ4n) is 3.83. The molecule has 2 aliphatic rings. The summed E-state index contributed by atoms with van der Waals surface area (Å²) >= 11 is 2.81. The molecule has 0 bridgehead atoms. The van der Waals surface area contributed by atoms with Gasteiger partial charge in [0.2, 0.25) is 0 Å². The molecule has 1 atom stereocenters. The van der Waals surface area contributed by atoms with Gasteiger partial charge in [0.15, 0.2) is 5.16 Å². The predicted octanol–water partition coefficient (Wildman–Crippen LogP) is 3.67. The maximum Gasteiger partial charge on any atom is 0.268 e. The van der Waals surface area contributed by atoms with Gasteiger partial charge in [-0.3, -0.25) is 23.9 Å². The average Bonchev–Trinajstić information content (AvgIpc) is 3.27. The van der Waals surface area contributed by atoms with Gasteiger partial charge in [-0.25, -0.2) is 4.98 Å². The molecule has 3 aromatic rings. The quantitative estimate of drug-likeness (QED) is 0.336. The van der Waals surface area contributed by atoms with Gasteiger partial charge in [0.25, 0.3) is 17.4 Å². The Labute approximate surface area is 187 Å². The Balaban J connectivity index is 1.47. The van der Waals surface area contributed by atoms with Crippen molar-refractivity contribution in [3.63, 3.8) is 0 Å². The highest BCUT2D eigenvalue weighted by Gasteiger charge is 2.35. The Kier molecular flexibility index (Phi) is 5.19. The molecule has 2 amide bonds. The summed E-state index contributed by atoms with van der Waals surface area (Å²) in [6.07, 6.45) is 0.738. The SMILES string of the molecule is CC1Cc2nc(SCN3C(=O)c4ccccc4C3=O)n(Cc3ccccc3)c(=O)c2S1. The van der Waals surface area contributed by atoms with Crippen molar-refractivity contribution in [2.75, 3.05) is 5.88 Å². The lowest BCUT2D eigenvalue weighted by Gasteiger charge is -2.17. The first-order chi connectivity index (χ1) is 15.0. The molecule has 0 radical (unpaired) electrons. The summed E-state index contributed by atoms with van der Waals surface area (Å²) < 4.78 is 1.65. The van der Waals surface area contributed by atoms with Gasteiger partial charge in [0.1, 0.15) is 0 Å². The van der Waals surface area contributed by atoms with Gasteiger partial charge in [-0.2, -0.15) is 0 Å². The number of fused-ring (bicyclic) bond motifs is 2. The van der Waals surface area contributed by atoms with Crippen LogP contribution in [-0.2, 0) is 13.0 Å². The third-order valence-corrected chi connectivity index (χ3v) is 7.52. The van der Waals surface area contributed by atoms with Crippen LogP contribution in [0.3, 0.4) is 0 Å². The number of carbonyl (C=O) groups excluding carboxylic acids is 2. The second-order valence-electron chi connectivity index (χ2n) is 7.54. The molecule has 1 unspecified atom stereocenters. The molecule has 31 heavy (non-hydrogen) atoms. The molecule has 0 spiro atoms. The lowest BCUT2D eigenvalue weighted by atomic mass is 10.1. The lowest BCUT2D eigenvalue weighted by molar-refractivity contribution is 0.0684. The van der Waals surface area contributed by atoms with E-state index < -0.39 is 0 Å². The van der Waals surface area contributed by atoms with E-state index in [1.165, 1.54) is 16.7 Å². The van der Waals surface area contributed by atoms with Crippen LogP contribution in [0.25, 0.3) is 0 Å². The number of thioether (sulfide) groups is 2. The lowest BCUT2D eigenvalue weighted by Crippen LogP contribution is -2.31. The van der Waals surface area contributed by atoms with Crippen LogP contribution in [0.4, 0.5) is 0 Å². The Morgan fingerprint density at radius 3 is 2.32 bits per heavy atom. The summed E-state index contributed by atoms with van der Waals surface area (Å²) in [6, 6.07) is 16.6. The van der Waals surface area contributed by atoms with Crippen LogP contribution in [0.15, 0.2) is 69.4 Å². The van der Waals surface area contributed by atoms with Gasteiger partial charge in [0.05, 0.1) is 34.1 Å². The Morgan fingerprint density at radius 2 is 1.65 bits per heavy atom. The number of amides is 2. The van der Waals surface area contributed by atoms with Gasteiger partial charge in [-0.15, -0.1) is 11.8 Å². The molecule has 2 aromatic carbocycles. The average molecular weight is 450 g/mol. The molecule has 156 valence electrons.